The van der Waals surface area contributed by atoms with Crippen molar-refractivity contribution in [3.05, 3.63) is 22.4 Å². The van der Waals surface area contributed by atoms with Crippen LogP contribution in [0.1, 0.15) is 6.92 Å². The molecule has 0 saturated carbocycles. The lowest BCUT2D eigenvalue weighted by atomic mass is 10.1. The third-order valence-electron chi connectivity index (χ3n) is 2.21. The molecule has 1 rings (SSSR count). The Labute approximate surface area is 106 Å². The highest BCUT2D eigenvalue weighted by Gasteiger charge is 2.30. The van der Waals surface area contributed by atoms with Crippen LogP contribution >= 0.6 is 0 Å². The lowest BCUT2D eigenvalue weighted by Gasteiger charge is -2.17. The molecule has 1 aromatic rings. The minimum absolute atomic E-state index is 0.316. The summed E-state index contributed by atoms with van der Waals surface area (Å²) in [6.07, 6.45) is 1.24. The van der Waals surface area contributed by atoms with Gasteiger partial charge < -0.3 is 25.6 Å². The molecule has 3 N–H and O–H groups in total. The molecular formula is C9H12N4O6. The quantitative estimate of drug-likeness (QED) is 0.432. The third-order valence-corrected chi connectivity index (χ3v) is 2.21. The highest BCUT2D eigenvalue weighted by Crippen LogP contribution is 2.05. The second kappa shape index (κ2) is 5.44. The van der Waals surface area contributed by atoms with Crippen molar-refractivity contribution in [3.8, 4) is 0 Å². The summed E-state index contributed by atoms with van der Waals surface area (Å²) in [5.74, 6) is -2.49. The summed E-state index contributed by atoms with van der Waals surface area (Å²) in [6.45, 7) is 0.239. The largest absolute Gasteiger partial charge is 0.479 e. The Kier molecular flexibility index (Phi) is 4.17. The van der Waals surface area contributed by atoms with Gasteiger partial charge in [0.1, 0.15) is 6.54 Å². The first-order chi connectivity index (χ1) is 8.72. The standard InChI is InChI=1S/C9H12N4O6/c1-9(17,8(15)16)5-10-7(14)4-12-3-2-6(11-12)13(18)19/h2-3,17H,4-5H2,1H3,(H,10,14)(H,15,16). The number of aromatic nitrogens is 2. The number of hydrogen-bond acceptors (Lipinski definition) is 6. The van der Waals surface area contributed by atoms with Gasteiger partial charge in [-0.25, -0.2) is 4.79 Å². The molecule has 1 unspecified atom stereocenters. The minimum Gasteiger partial charge on any atom is -0.479 e. The first-order valence-electron chi connectivity index (χ1n) is 5.12. The highest BCUT2D eigenvalue weighted by molar-refractivity contribution is 5.80. The summed E-state index contributed by atoms with van der Waals surface area (Å²) in [5, 5.41) is 34.0. The number of aliphatic hydroxyl groups is 1. The molecule has 0 saturated heterocycles. The van der Waals surface area contributed by atoms with E-state index in [0.717, 1.165) is 17.7 Å². The van der Waals surface area contributed by atoms with Gasteiger partial charge in [-0.05, 0) is 11.8 Å². The number of hydrogen-bond donors (Lipinski definition) is 3. The maximum atomic E-state index is 11.4. The van der Waals surface area contributed by atoms with Crippen molar-refractivity contribution in [1.82, 2.24) is 15.1 Å². The molecule has 10 heteroatoms. The second-order valence-electron chi connectivity index (χ2n) is 3.98. The van der Waals surface area contributed by atoms with Gasteiger partial charge >= 0.3 is 11.8 Å². The van der Waals surface area contributed by atoms with E-state index in [4.69, 9.17) is 5.11 Å². The third kappa shape index (κ3) is 4.03. The lowest BCUT2D eigenvalue weighted by Crippen LogP contribution is -2.47. The number of carboxylic acid groups (broad SMARTS) is 1. The van der Waals surface area contributed by atoms with Gasteiger partial charge in [0, 0.05) is 0 Å². The monoisotopic (exact) mass is 272 g/mol. The zero-order valence-electron chi connectivity index (χ0n) is 9.94. The Morgan fingerprint density at radius 3 is 2.74 bits per heavy atom. The van der Waals surface area contributed by atoms with Crippen molar-refractivity contribution in [2.75, 3.05) is 6.54 Å². The highest BCUT2D eigenvalue weighted by atomic mass is 16.6. The number of carbonyl (C=O) groups is 2. The van der Waals surface area contributed by atoms with E-state index in [9.17, 15) is 24.8 Å². The van der Waals surface area contributed by atoms with Crippen LogP contribution < -0.4 is 5.32 Å². The van der Waals surface area contributed by atoms with Gasteiger partial charge in [-0.1, -0.05) is 0 Å². The van der Waals surface area contributed by atoms with Crippen molar-refractivity contribution in [3.63, 3.8) is 0 Å². The molecule has 1 aromatic heterocycles. The first-order valence-corrected chi connectivity index (χ1v) is 5.12. The predicted octanol–water partition coefficient (Wildman–Crippen LogP) is -1.26. The van der Waals surface area contributed by atoms with Gasteiger partial charge in [-0.3, -0.25) is 4.79 Å². The summed E-state index contributed by atoms with van der Waals surface area (Å²) >= 11 is 0. The molecule has 0 aliphatic carbocycles. The Bertz CT molecular complexity index is 509. The molecule has 0 aliphatic rings. The van der Waals surface area contributed by atoms with Crippen molar-refractivity contribution < 1.29 is 24.7 Å². The Morgan fingerprint density at radius 1 is 1.63 bits per heavy atom. The fraction of sp³-hybridized carbons (Fsp3) is 0.444. The van der Waals surface area contributed by atoms with Crippen molar-refractivity contribution in [2.24, 2.45) is 0 Å². The van der Waals surface area contributed by atoms with Gasteiger partial charge in [-0.15, -0.1) is 0 Å². The average Bonchev–Trinajstić information content (AvgIpc) is 2.75. The molecule has 0 spiro atoms. The number of carboxylic acids is 1. The van der Waals surface area contributed by atoms with Crippen LogP contribution in [-0.4, -0.2) is 48.9 Å². The minimum atomic E-state index is -2.08. The van der Waals surface area contributed by atoms with Gasteiger partial charge in [0.15, 0.2) is 5.60 Å². The number of carbonyl (C=O) groups excluding carboxylic acids is 1. The summed E-state index contributed by atoms with van der Waals surface area (Å²) in [5.41, 5.74) is -2.08. The SMILES string of the molecule is CC(O)(CNC(=O)Cn1ccc([N+](=O)[O-])n1)C(=O)O. The van der Waals surface area contributed by atoms with Crippen LogP contribution in [0.2, 0.25) is 0 Å². The molecule has 19 heavy (non-hydrogen) atoms. The lowest BCUT2D eigenvalue weighted by molar-refractivity contribution is -0.389. The molecule has 104 valence electrons. The summed E-state index contributed by atoms with van der Waals surface area (Å²) in [6, 6.07) is 1.13. The normalized spacial score (nSPS) is 13.6. The van der Waals surface area contributed by atoms with Crippen LogP contribution in [0, 0.1) is 10.1 Å². The topological polar surface area (TPSA) is 148 Å². The van der Waals surface area contributed by atoms with E-state index >= 15 is 0 Å². The molecule has 0 radical (unpaired) electrons. The van der Waals surface area contributed by atoms with E-state index in [1.165, 1.54) is 6.20 Å². The fourth-order valence-corrected chi connectivity index (χ4v) is 1.09. The van der Waals surface area contributed by atoms with Gasteiger partial charge in [0.25, 0.3) is 0 Å². The van der Waals surface area contributed by atoms with Crippen LogP contribution in [0.3, 0.4) is 0 Å². The fourth-order valence-electron chi connectivity index (χ4n) is 1.09. The van der Waals surface area contributed by atoms with E-state index in [0.29, 0.717) is 0 Å². The zero-order valence-corrected chi connectivity index (χ0v) is 9.94. The molecule has 1 heterocycles. The van der Waals surface area contributed by atoms with Crippen LogP contribution in [0.25, 0.3) is 0 Å². The molecule has 0 aromatic carbocycles. The number of nitrogens with zero attached hydrogens (tertiary/aromatic N) is 3. The van der Waals surface area contributed by atoms with Gasteiger partial charge in [0.2, 0.25) is 5.91 Å². The molecule has 0 bridgehead atoms. The smallest absolute Gasteiger partial charge is 0.389 e. The van der Waals surface area contributed by atoms with E-state index in [-0.39, 0.29) is 6.54 Å². The van der Waals surface area contributed by atoms with E-state index in [2.05, 4.69) is 10.4 Å². The van der Waals surface area contributed by atoms with E-state index < -0.39 is 34.8 Å². The molecule has 0 aliphatic heterocycles. The predicted molar refractivity (Wildman–Crippen MR) is 60.2 cm³/mol. The number of amides is 1. The second-order valence-corrected chi connectivity index (χ2v) is 3.98. The summed E-state index contributed by atoms with van der Waals surface area (Å²) < 4.78 is 1.03. The zero-order chi connectivity index (χ0) is 14.6. The molecule has 10 nitrogen and oxygen atoms in total. The van der Waals surface area contributed by atoms with Crippen molar-refractivity contribution >= 4 is 17.7 Å². The van der Waals surface area contributed by atoms with Crippen LogP contribution in [0.4, 0.5) is 5.82 Å². The summed E-state index contributed by atoms with van der Waals surface area (Å²) in [7, 11) is 0. The number of aliphatic carboxylic acids is 1. The van der Waals surface area contributed by atoms with Crippen molar-refractivity contribution in [2.45, 2.75) is 19.1 Å². The number of rotatable bonds is 6. The van der Waals surface area contributed by atoms with Gasteiger partial charge in [-0.2, -0.15) is 4.68 Å². The van der Waals surface area contributed by atoms with Crippen LogP contribution in [0.15, 0.2) is 12.3 Å². The Morgan fingerprint density at radius 2 is 2.26 bits per heavy atom. The van der Waals surface area contributed by atoms with Crippen molar-refractivity contribution in [1.29, 1.82) is 0 Å². The van der Waals surface area contributed by atoms with Crippen LogP contribution in [0.5, 0.6) is 0 Å². The molecule has 1 atom stereocenters. The summed E-state index contributed by atoms with van der Waals surface area (Å²) in [4.78, 5) is 31.6. The maximum Gasteiger partial charge on any atom is 0.389 e. The number of nitro groups is 1. The van der Waals surface area contributed by atoms with Crippen LogP contribution in [-0.2, 0) is 16.1 Å². The molecular weight excluding hydrogens is 260 g/mol. The van der Waals surface area contributed by atoms with Gasteiger partial charge in [0.05, 0.1) is 23.9 Å². The Balaban J connectivity index is 2.51. The molecule has 0 fully saturated rings. The van der Waals surface area contributed by atoms with E-state index in [1.54, 1.807) is 0 Å². The first kappa shape index (κ1) is 14.6. The number of nitrogens with one attached hydrogen (secondary N) is 1. The van der Waals surface area contributed by atoms with E-state index in [1.807, 2.05) is 0 Å². The molecule has 1 amide bonds. The average molecular weight is 272 g/mol. The Hall–Kier alpha value is -2.49. The maximum absolute atomic E-state index is 11.4.